The number of hydrogen-bond acceptors (Lipinski definition) is 4. The third-order valence-corrected chi connectivity index (χ3v) is 6.50. The number of rotatable bonds is 12. The molecule has 4 nitrogen and oxygen atoms in total. The van der Waals surface area contributed by atoms with E-state index in [4.69, 9.17) is 26.2 Å². The van der Waals surface area contributed by atoms with E-state index in [1.54, 1.807) is 42.1 Å². The van der Waals surface area contributed by atoms with Crippen LogP contribution in [0.2, 0.25) is 5.02 Å². The maximum atomic E-state index is 13.2. The van der Waals surface area contributed by atoms with Crippen molar-refractivity contribution in [3.63, 3.8) is 0 Å². The van der Waals surface area contributed by atoms with Crippen LogP contribution in [0.4, 0.5) is 4.39 Å². The SMILES string of the molecule is CCc1cc(SCC[C@H](C)Oc2ccc(Cl)cc2Oc2ccc(F)cc2)ccc1CCC(=O)O. The summed E-state index contributed by atoms with van der Waals surface area (Å²) in [4.78, 5) is 12.0. The molecule has 0 unspecified atom stereocenters. The summed E-state index contributed by atoms with van der Waals surface area (Å²) in [6, 6.07) is 17.2. The molecular weight excluding hydrogens is 475 g/mol. The quantitative estimate of drug-likeness (QED) is 0.256. The van der Waals surface area contributed by atoms with Gasteiger partial charge in [-0.15, -0.1) is 11.8 Å². The summed E-state index contributed by atoms with van der Waals surface area (Å²) in [5, 5.41) is 9.46. The second-order valence-corrected chi connectivity index (χ2v) is 9.50. The van der Waals surface area contributed by atoms with E-state index in [9.17, 15) is 9.18 Å². The number of carboxylic acids is 1. The maximum Gasteiger partial charge on any atom is 0.303 e. The molecule has 0 aliphatic rings. The number of aliphatic carboxylic acids is 1. The van der Waals surface area contributed by atoms with Crippen LogP contribution in [-0.2, 0) is 17.6 Å². The van der Waals surface area contributed by atoms with Crippen LogP contribution in [0.25, 0.3) is 0 Å². The van der Waals surface area contributed by atoms with Gasteiger partial charge in [-0.2, -0.15) is 0 Å². The number of hydrogen-bond donors (Lipinski definition) is 1. The summed E-state index contributed by atoms with van der Waals surface area (Å²) in [7, 11) is 0. The van der Waals surface area contributed by atoms with Crippen molar-refractivity contribution in [2.45, 2.75) is 50.5 Å². The average molecular weight is 503 g/mol. The summed E-state index contributed by atoms with van der Waals surface area (Å²) in [6.07, 6.45) is 2.32. The molecule has 0 bridgehead atoms. The van der Waals surface area contributed by atoms with Crippen LogP contribution < -0.4 is 9.47 Å². The fraction of sp³-hybridized carbons (Fsp3) is 0.296. The first-order valence-corrected chi connectivity index (χ1v) is 12.6. The Labute approximate surface area is 209 Å². The van der Waals surface area contributed by atoms with Crippen LogP contribution in [-0.4, -0.2) is 22.9 Å². The molecule has 0 aliphatic heterocycles. The van der Waals surface area contributed by atoms with Crippen molar-refractivity contribution < 1.29 is 23.8 Å². The highest BCUT2D eigenvalue weighted by Gasteiger charge is 2.13. The number of carboxylic acid groups (broad SMARTS) is 1. The third-order valence-electron chi connectivity index (χ3n) is 5.24. The first kappa shape index (κ1) is 25.9. The minimum atomic E-state index is -0.776. The van der Waals surface area contributed by atoms with E-state index in [2.05, 4.69) is 19.1 Å². The summed E-state index contributed by atoms with van der Waals surface area (Å²) in [5.41, 5.74) is 2.29. The van der Waals surface area contributed by atoms with Crippen LogP contribution in [0.15, 0.2) is 65.6 Å². The largest absolute Gasteiger partial charge is 0.487 e. The summed E-state index contributed by atoms with van der Waals surface area (Å²) >= 11 is 7.89. The Kier molecular flexibility index (Phi) is 9.66. The lowest BCUT2D eigenvalue weighted by Gasteiger charge is -2.18. The molecule has 1 atom stereocenters. The molecule has 0 saturated carbocycles. The van der Waals surface area contributed by atoms with Crippen molar-refractivity contribution in [3.05, 3.63) is 82.6 Å². The Bertz CT molecular complexity index is 1100. The smallest absolute Gasteiger partial charge is 0.303 e. The lowest BCUT2D eigenvalue weighted by molar-refractivity contribution is -0.136. The monoisotopic (exact) mass is 502 g/mol. The second kappa shape index (κ2) is 12.7. The number of thioether (sulfide) groups is 1. The van der Waals surface area contributed by atoms with Crippen LogP contribution in [0.5, 0.6) is 17.2 Å². The standard InChI is InChI=1S/C27H28ClFO4S/c1-3-19-16-24(11-4-20(19)5-13-27(30)31)34-15-14-18(2)32-25-12-6-21(28)17-26(25)33-23-9-7-22(29)8-10-23/h4,6-12,16-18H,3,5,13-15H2,1-2H3,(H,30,31)/t18-/m0/s1. The molecule has 0 amide bonds. The zero-order chi connectivity index (χ0) is 24.5. The molecular formula is C27H28ClFO4S. The van der Waals surface area contributed by atoms with E-state index >= 15 is 0 Å². The number of carbonyl (C=O) groups is 1. The molecule has 0 heterocycles. The zero-order valence-corrected chi connectivity index (χ0v) is 20.8. The lowest BCUT2D eigenvalue weighted by Crippen LogP contribution is -2.13. The molecule has 3 aromatic rings. The van der Waals surface area contributed by atoms with Crippen molar-refractivity contribution in [1.82, 2.24) is 0 Å². The van der Waals surface area contributed by atoms with Gasteiger partial charge in [-0.25, -0.2) is 4.39 Å². The Morgan fingerprint density at radius 1 is 1.06 bits per heavy atom. The Balaban J connectivity index is 1.56. The Morgan fingerprint density at radius 2 is 1.82 bits per heavy atom. The zero-order valence-electron chi connectivity index (χ0n) is 19.2. The van der Waals surface area contributed by atoms with Crippen LogP contribution in [0, 0.1) is 5.82 Å². The van der Waals surface area contributed by atoms with Gasteiger partial charge in [0.1, 0.15) is 11.6 Å². The molecule has 0 aromatic heterocycles. The number of aryl methyl sites for hydroxylation is 2. The Morgan fingerprint density at radius 3 is 2.53 bits per heavy atom. The van der Waals surface area contributed by atoms with Gasteiger partial charge in [0.2, 0.25) is 0 Å². The lowest BCUT2D eigenvalue weighted by atomic mass is 10.0. The van der Waals surface area contributed by atoms with Crippen LogP contribution >= 0.6 is 23.4 Å². The van der Waals surface area contributed by atoms with Crippen molar-refractivity contribution in [2.75, 3.05) is 5.75 Å². The van der Waals surface area contributed by atoms with Crippen LogP contribution in [0.3, 0.4) is 0 Å². The second-order valence-electron chi connectivity index (χ2n) is 7.89. The normalized spacial score (nSPS) is 11.8. The van der Waals surface area contributed by atoms with Gasteiger partial charge < -0.3 is 14.6 Å². The number of halogens is 2. The minimum absolute atomic E-state index is 0.0651. The highest BCUT2D eigenvalue weighted by Crippen LogP contribution is 2.35. The molecule has 34 heavy (non-hydrogen) atoms. The summed E-state index contributed by atoms with van der Waals surface area (Å²) in [5.74, 6) is 1.30. The van der Waals surface area contributed by atoms with Crippen molar-refractivity contribution >= 4 is 29.3 Å². The molecule has 180 valence electrons. The molecule has 0 aliphatic carbocycles. The first-order chi connectivity index (χ1) is 16.3. The maximum absolute atomic E-state index is 13.2. The van der Waals surface area contributed by atoms with Crippen molar-refractivity contribution in [3.8, 4) is 17.2 Å². The third kappa shape index (κ3) is 7.96. The van der Waals surface area contributed by atoms with Gasteiger partial charge in [0, 0.05) is 28.2 Å². The van der Waals surface area contributed by atoms with Gasteiger partial charge in [-0.3, -0.25) is 4.79 Å². The fourth-order valence-corrected chi connectivity index (χ4v) is 4.65. The topological polar surface area (TPSA) is 55.8 Å². The van der Waals surface area contributed by atoms with Gasteiger partial charge >= 0.3 is 5.97 Å². The van der Waals surface area contributed by atoms with Gasteiger partial charge in [0.25, 0.3) is 0 Å². The minimum Gasteiger partial charge on any atom is -0.487 e. The van der Waals surface area contributed by atoms with E-state index in [0.29, 0.717) is 28.7 Å². The molecule has 0 fully saturated rings. The fourth-order valence-electron chi connectivity index (χ4n) is 3.41. The average Bonchev–Trinajstić information content (AvgIpc) is 2.81. The van der Waals surface area contributed by atoms with Crippen LogP contribution in [0.1, 0.15) is 37.8 Å². The molecule has 7 heteroatoms. The Hall–Kier alpha value is -2.70. The molecule has 0 radical (unpaired) electrons. The van der Waals surface area contributed by atoms with Crippen molar-refractivity contribution in [1.29, 1.82) is 0 Å². The molecule has 1 N–H and O–H groups in total. The molecule has 0 spiro atoms. The number of benzene rings is 3. The van der Waals surface area contributed by atoms with Gasteiger partial charge in [-0.05, 0) is 85.8 Å². The molecule has 3 rings (SSSR count). The van der Waals surface area contributed by atoms with E-state index in [1.165, 1.54) is 17.7 Å². The predicted octanol–water partition coefficient (Wildman–Crippen LogP) is 7.80. The van der Waals surface area contributed by atoms with Gasteiger partial charge in [0.05, 0.1) is 6.10 Å². The summed E-state index contributed by atoms with van der Waals surface area (Å²) in [6.45, 7) is 4.09. The first-order valence-electron chi connectivity index (χ1n) is 11.2. The van der Waals surface area contributed by atoms with E-state index < -0.39 is 5.97 Å². The summed E-state index contributed by atoms with van der Waals surface area (Å²) < 4.78 is 25.2. The highest BCUT2D eigenvalue weighted by atomic mass is 35.5. The predicted molar refractivity (Wildman–Crippen MR) is 135 cm³/mol. The van der Waals surface area contributed by atoms with E-state index in [0.717, 1.165) is 29.1 Å². The highest BCUT2D eigenvalue weighted by molar-refractivity contribution is 7.99. The van der Waals surface area contributed by atoms with E-state index in [-0.39, 0.29) is 18.3 Å². The molecule has 0 saturated heterocycles. The number of ether oxygens (including phenoxy) is 2. The molecule has 3 aromatic carbocycles. The van der Waals surface area contributed by atoms with Gasteiger partial charge in [0.15, 0.2) is 11.5 Å². The van der Waals surface area contributed by atoms with E-state index in [1.807, 2.05) is 13.0 Å². The van der Waals surface area contributed by atoms with Crippen molar-refractivity contribution in [2.24, 2.45) is 0 Å². The van der Waals surface area contributed by atoms with Gasteiger partial charge in [-0.1, -0.05) is 24.6 Å².